The highest BCUT2D eigenvalue weighted by Gasteiger charge is 2.28. The van der Waals surface area contributed by atoms with Gasteiger partial charge in [0.2, 0.25) is 0 Å². The van der Waals surface area contributed by atoms with Crippen LogP contribution in [0.25, 0.3) is 0 Å². The largest absolute Gasteiger partial charge is 0.542 e. The van der Waals surface area contributed by atoms with E-state index in [-0.39, 0.29) is 0 Å². The number of hydrogen-bond acceptors (Lipinski definition) is 4. The molecule has 0 bridgehead atoms. The molecule has 0 aromatic heterocycles. The molecule has 0 aliphatic carbocycles. The number of carbonyl (C=O) groups is 1. The average molecular weight is 194 g/mol. The number of rotatable bonds is 0. The van der Waals surface area contributed by atoms with Crippen molar-refractivity contribution < 1.29 is 23.1 Å². The Bertz CT molecular complexity index is 210. The summed E-state index contributed by atoms with van der Waals surface area (Å²) in [7, 11) is 0. The highest BCUT2D eigenvalue weighted by molar-refractivity contribution is 5.70. The SMILES string of the molecule is O=C([O-])C(F)(F)F.[C+]1=CN=CCN1. The van der Waals surface area contributed by atoms with Crippen molar-refractivity contribution >= 4 is 12.2 Å². The molecule has 1 aliphatic rings. The first-order chi connectivity index (χ1) is 5.94. The Morgan fingerprint density at radius 2 is 2.15 bits per heavy atom. The fourth-order valence-electron chi connectivity index (χ4n) is 0.293. The Morgan fingerprint density at radius 3 is 2.23 bits per heavy atom. The summed E-state index contributed by atoms with van der Waals surface area (Å²) in [5.74, 6) is -3.01. The van der Waals surface area contributed by atoms with Crippen molar-refractivity contribution in [3.05, 3.63) is 12.4 Å². The summed E-state index contributed by atoms with van der Waals surface area (Å²) in [6.07, 6.45) is 0.906. The summed E-state index contributed by atoms with van der Waals surface area (Å²) in [4.78, 5) is 12.5. The summed E-state index contributed by atoms with van der Waals surface area (Å²) in [6.45, 7) is 0.816. The van der Waals surface area contributed by atoms with Crippen molar-refractivity contribution in [2.45, 2.75) is 6.18 Å². The van der Waals surface area contributed by atoms with E-state index in [4.69, 9.17) is 9.90 Å². The van der Waals surface area contributed by atoms with Gasteiger partial charge in [-0.1, -0.05) is 0 Å². The van der Waals surface area contributed by atoms with Crippen molar-refractivity contribution in [1.82, 2.24) is 5.32 Å². The molecule has 0 unspecified atom stereocenters. The number of hydrogen-bond donors (Lipinski definition) is 1. The van der Waals surface area contributed by atoms with E-state index in [9.17, 15) is 13.2 Å². The van der Waals surface area contributed by atoms with Crippen LogP contribution in [0.4, 0.5) is 13.2 Å². The van der Waals surface area contributed by atoms with Crippen LogP contribution in [0.5, 0.6) is 0 Å². The molecule has 0 fully saturated rings. The molecule has 4 nitrogen and oxygen atoms in total. The van der Waals surface area contributed by atoms with Gasteiger partial charge in [0.1, 0.15) is 5.97 Å². The highest BCUT2D eigenvalue weighted by Crippen LogP contribution is 2.11. The second-order valence-electron chi connectivity index (χ2n) is 1.77. The van der Waals surface area contributed by atoms with E-state index in [1.54, 1.807) is 12.4 Å². The van der Waals surface area contributed by atoms with Crippen LogP contribution in [0, 0.1) is 6.20 Å². The van der Waals surface area contributed by atoms with Gasteiger partial charge in [-0.3, -0.25) is 0 Å². The minimum absolute atomic E-state index is 0.816. The molecule has 0 atom stereocenters. The van der Waals surface area contributed by atoms with Gasteiger partial charge in [-0.05, 0) is 0 Å². The number of carboxylic acid groups (broad SMARTS) is 1. The van der Waals surface area contributed by atoms with Crippen LogP contribution in [0.15, 0.2) is 11.2 Å². The first-order valence-electron chi connectivity index (χ1n) is 3.04. The highest BCUT2D eigenvalue weighted by atomic mass is 19.4. The van der Waals surface area contributed by atoms with E-state index < -0.39 is 12.1 Å². The topological polar surface area (TPSA) is 64.5 Å². The number of nitrogens with one attached hydrogen (secondary N) is 1. The third kappa shape index (κ3) is 6.77. The molecule has 0 amide bonds. The normalized spacial score (nSPS) is 13.5. The Hall–Kier alpha value is -1.62. The fraction of sp³-hybridized carbons (Fsp3) is 0.333. The summed E-state index contributed by atoms with van der Waals surface area (Å²) in [5, 5.41) is 11.6. The predicted octanol–water partition coefficient (Wildman–Crippen LogP) is -0.767. The molecule has 0 radical (unpaired) electrons. The van der Waals surface area contributed by atoms with Crippen LogP contribution in [0.2, 0.25) is 0 Å². The molecule has 1 aliphatic heterocycles. The van der Waals surface area contributed by atoms with Gasteiger partial charge in [0.05, 0.1) is 6.54 Å². The summed E-state index contributed by atoms with van der Waals surface area (Å²) in [6, 6.07) is 0. The molecule has 1 rings (SSSR count). The smallest absolute Gasteiger partial charge is 0.430 e. The zero-order valence-corrected chi connectivity index (χ0v) is 6.26. The molecule has 13 heavy (non-hydrogen) atoms. The van der Waals surface area contributed by atoms with Gasteiger partial charge in [0.25, 0.3) is 6.20 Å². The van der Waals surface area contributed by atoms with Crippen molar-refractivity contribution in [1.29, 1.82) is 0 Å². The van der Waals surface area contributed by atoms with E-state index >= 15 is 0 Å². The fourth-order valence-corrected chi connectivity index (χ4v) is 0.293. The monoisotopic (exact) mass is 194 g/mol. The quantitative estimate of drug-likeness (QED) is 0.515. The summed E-state index contributed by atoms with van der Waals surface area (Å²) < 4.78 is 31.5. The maximum Gasteiger partial charge on any atom is 0.430 e. The van der Waals surface area contributed by atoms with Gasteiger partial charge in [-0.25, -0.2) is 4.99 Å². The van der Waals surface area contributed by atoms with Gasteiger partial charge in [0, 0.05) is 6.21 Å². The molecular weight excluding hydrogens is 189 g/mol. The lowest BCUT2D eigenvalue weighted by molar-refractivity contribution is -0.344. The molecule has 1 heterocycles. The number of carbonyl (C=O) groups excluding carboxylic acids is 1. The van der Waals surface area contributed by atoms with Gasteiger partial charge < -0.3 is 9.90 Å². The lowest BCUT2D eigenvalue weighted by Crippen LogP contribution is -2.37. The summed E-state index contributed by atoms with van der Waals surface area (Å²) in [5.41, 5.74) is 0. The van der Waals surface area contributed by atoms with Crippen LogP contribution >= 0.6 is 0 Å². The standard InChI is InChI=1S/C4H5N2.C2HF3O2/c1-2-6-4-3-5-1;3-2(4,5)1(6)7/h1,3,6H,2H2;(H,6,7)/q+1;/p-1. The Kier molecular flexibility index (Phi) is 4.47. The molecule has 0 saturated heterocycles. The number of nitrogens with zero attached hydrogens (tertiary/aromatic N) is 1. The Balaban J connectivity index is 0.000000223. The van der Waals surface area contributed by atoms with E-state index in [0.717, 1.165) is 6.54 Å². The van der Waals surface area contributed by atoms with Crippen LogP contribution in [-0.2, 0) is 4.79 Å². The third-order valence-electron chi connectivity index (χ3n) is 0.771. The molecule has 7 heteroatoms. The van der Waals surface area contributed by atoms with Gasteiger partial charge in [0.15, 0.2) is 0 Å². The number of alkyl halides is 3. The second kappa shape index (κ2) is 5.10. The second-order valence-corrected chi connectivity index (χ2v) is 1.77. The van der Waals surface area contributed by atoms with Crippen LogP contribution in [0.1, 0.15) is 0 Å². The summed E-state index contributed by atoms with van der Waals surface area (Å²) >= 11 is 0. The van der Waals surface area contributed by atoms with Gasteiger partial charge in [-0.2, -0.15) is 18.5 Å². The maximum atomic E-state index is 10.5. The number of halogens is 3. The van der Waals surface area contributed by atoms with E-state index in [1.165, 1.54) is 0 Å². The Morgan fingerprint density at radius 1 is 1.62 bits per heavy atom. The molecule has 72 valence electrons. The first-order valence-corrected chi connectivity index (χ1v) is 3.04. The minimum atomic E-state index is -5.19. The third-order valence-corrected chi connectivity index (χ3v) is 0.771. The van der Waals surface area contributed by atoms with Crippen LogP contribution in [0.3, 0.4) is 0 Å². The lowest BCUT2D eigenvalue weighted by Gasteiger charge is -2.03. The van der Waals surface area contributed by atoms with Crippen molar-refractivity contribution in [3.63, 3.8) is 0 Å². The zero-order valence-electron chi connectivity index (χ0n) is 6.26. The predicted molar refractivity (Wildman–Crippen MR) is 35.4 cm³/mol. The molecule has 0 aromatic rings. The van der Waals surface area contributed by atoms with Crippen molar-refractivity contribution in [2.24, 2.45) is 4.99 Å². The number of carboxylic acids is 1. The maximum absolute atomic E-state index is 10.5. The molecule has 0 aromatic carbocycles. The molecule has 1 N–H and O–H groups in total. The van der Waals surface area contributed by atoms with Crippen molar-refractivity contribution in [3.8, 4) is 0 Å². The van der Waals surface area contributed by atoms with Crippen molar-refractivity contribution in [2.75, 3.05) is 6.54 Å². The minimum Gasteiger partial charge on any atom is -0.542 e. The number of aliphatic carboxylic acids is 1. The van der Waals surface area contributed by atoms with E-state index in [1.807, 2.05) is 0 Å². The van der Waals surface area contributed by atoms with Crippen LogP contribution < -0.4 is 10.4 Å². The Labute approximate surface area is 71.8 Å². The molecule has 0 spiro atoms. The van der Waals surface area contributed by atoms with Gasteiger partial charge >= 0.3 is 12.4 Å². The number of aliphatic imine (C=N–C) groups is 1. The van der Waals surface area contributed by atoms with E-state index in [2.05, 4.69) is 16.5 Å². The van der Waals surface area contributed by atoms with E-state index in [0.29, 0.717) is 0 Å². The molecule has 0 saturated carbocycles. The first kappa shape index (κ1) is 11.4. The average Bonchev–Trinajstić information content (AvgIpc) is 2.07. The lowest BCUT2D eigenvalue weighted by atomic mass is 10.6. The van der Waals surface area contributed by atoms with Crippen LogP contribution in [-0.4, -0.2) is 24.9 Å². The molecular formula is C6H5F3N2O2. The van der Waals surface area contributed by atoms with Gasteiger partial charge in [-0.15, -0.1) is 0 Å². The zero-order chi connectivity index (χ0) is 10.3.